The van der Waals surface area contributed by atoms with Crippen LogP contribution >= 0.6 is 0 Å². The molecule has 2 aromatic carbocycles. The van der Waals surface area contributed by atoms with E-state index in [2.05, 4.69) is 10.3 Å². The minimum atomic E-state index is -1.35. The van der Waals surface area contributed by atoms with Crippen molar-refractivity contribution in [2.75, 3.05) is 26.2 Å². The van der Waals surface area contributed by atoms with Crippen molar-refractivity contribution >= 4 is 28.8 Å². The Balaban J connectivity index is 1.28. The first-order chi connectivity index (χ1) is 21.4. The predicted molar refractivity (Wildman–Crippen MR) is 160 cm³/mol. The Kier molecular flexibility index (Phi) is 7.09. The SMILES string of the molecule is CC[C@]12C=CCN(Cc3ccccc3)C(=O)[C@H]1[C@H]1C(=O)N(CCCO)C3C(=O)N(Cn4nnc5ccccc54)CC=C[C@@]31O2. The number of nitrogens with zero attached hydrogens (tertiary/aromatic N) is 6. The Morgan fingerprint density at radius 1 is 0.909 bits per heavy atom. The third kappa shape index (κ3) is 4.28. The molecule has 1 N–H and O–H groups in total. The highest BCUT2D eigenvalue weighted by atomic mass is 16.5. The molecule has 228 valence electrons. The van der Waals surface area contributed by atoms with Gasteiger partial charge in [0.15, 0.2) is 0 Å². The number of rotatable bonds is 8. The Labute approximate surface area is 255 Å². The topological polar surface area (TPSA) is 121 Å². The summed E-state index contributed by atoms with van der Waals surface area (Å²) in [5, 5.41) is 18.2. The molecule has 11 nitrogen and oxygen atoms in total. The van der Waals surface area contributed by atoms with Crippen molar-refractivity contribution in [2.45, 2.75) is 50.2 Å². The van der Waals surface area contributed by atoms with Crippen LogP contribution in [-0.4, -0.2) is 96.0 Å². The molecule has 2 fully saturated rings. The molecule has 3 aromatic rings. The molecule has 0 saturated carbocycles. The van der Waals surface area contributed by atoms with Crippen LogP contribution in [-0.2, 0) is 32.3 Å². The van der Waals surface area contributed by atoms with Gasteiger partial charge in [-0.25, -0.2) is 4.68 Å². The second-order valence-electron chi connectivity index (χ2n) is 12.0. The van der Waals surface area contributed by atoms with Gasteiger partial charge in [0.2, 0.25) is 11.8 Å². The lowest BCUT2D eigenvalue weighted by atomic mass is 9.73. The molecule has 3 amide bonds. The van der Waals surface area contributed by atoms with Crippen LogP contribution in [0.25, 0.3) is 11.0 Å². The van der Waals surface area contributed by atoms with Crippen LogP contribution in [0, 0.1) is 11.8 Å². The number of hydrogen-bond donors (Lipinski definition) is 1. The molecule has 44 heavy (non-hydrogen) atoms. The van der Waals surface area contributed by atoms with E-state index in [9.17, 15) is 19.5 Å². The molecule has 4 aliphatic rings. The van der Waals surface area contributed by atoms with E-state index in [4.69, 9.17) is 4.74 Å². The molecular weight excluding hydrogens is 560 g/mol. The monoisotopic (exact) mass is 596 g/mol. The van der Waals surface area contributed by atoms with E-state index in [1.165, 1.54) is 4.90 Å². The molecule has 5 atom stereocenters. The van der Waals surface area contributed by atoms with Crippen LogP contribution in [0.3, 0.4) is 0 Å². The highest BCUT2D eigenvalue weighted by Crippen LogP contribution is 2.58. The lowest BCUT2D eigenvalue weighted by Crippen LogP contribution is -2.56. The number of aliphatic hydroxyl groups excluding tert-OH is 1. The van der Waals surface area contributed by atoms with E-state index < -0.39 is 29.1 Å². The van der Waals surface area contributed by atoms with Crippen molar-refractivity contribution in [3.8, 4) is 0 Å². The lowest BCUT2D eigenvalue weighted by molar-refractivity contribution is -0.155. The molecule has 5 heterocycles. The maximum absolute atomic E-state index is 14.6. The largest absolute Gasteiger partial charge is 0.396 e. The van der Waals surface area contributed by atoms with Crippen molar-refractivity contribution < 1.29 is 24.2 Å². The Morgan fingerprint density at radius 2 is 1.66 bits per heavy atom. The van der Waals surface area contributed by atoms with E-state index in [1.54, 1.807) is 14.5 Å². The Morgan fingerprint density at radius 3 is 2.45 bits per heavy atom. The number of ether oxygens (including phenoxy) is 1. The van der Waals surface area contributed by atoms with E-state index in [1.807, 2.05) is 85.8 Å². The number of amides is 3. The maximum atomic E-state index is 14.6. The zero-order valence-corrected chi connectivity index (χ0v) is 24.7. The van der Waals surface area contributed by atoms with Gasteiger partial charge >= 0.3 is 0 Å². The Bertz CT molecular complexity index is 1650. The predicted octanol–water partition coefficient (Wildman–Crippen LogP) is 2.13. The molecule has 1 spiro atoms. The van der Waals surface area contributed by atoms with Crippen LogP contribution in [0.4, 0.5) is 0 Å². The molecule has 0 aliphatic carbocycles. The highest BCUT2D eigenvalue weighted by molar-refractivity contribution is 6.00. The first-order valence-electron chi connectivity index (χ1n) is 15.3. The minimum Gasteiger partial charge on any atom is -0.396 e. The number of aromatic nitrogens is 3. The normalized spacial score (nSPS) is 29.6. The van der Waals surface area contributed by atoms with Crippen molar-refractivity contribution in [3.63, 3.8) is 0 Å². The third-order valence-corrected chi connectivity index (χ3v) is 9.60. The molecule has 0 bridgehead atoms. The summed E-state index contributed by atoms with van der Waals surface area (Å²) in [6.07, 6.45) is 8.38. The second kappa shape index (κ2) is 11.0. The van der Waals surface area contributed by atoms with Crippen LogP contribution in [0.5, 0.6) is 0 Å². The summed E-state index contributed by atoms with van der Waals surface area (Å²) in [6.45, 7) is 3.21. The summed E-state index contributed by atoms with van der Waals surface area (Å²) < 4.78 is 8.70. The number of fused-ring (bicyclic) bond motifs is 3. The van der Waals surface area contributed by atoms with Gasteiger partial charge in [0.25, 0.3) is 5.91 Å². The number of carbonyl (C=O) groups excluding carboxylic acids is 3. The van der Waals surface area contributed by atoms with Crippen molar-refractivity contribution in [2.24, 2.45) is 11.8 Å². The fraction of sp³-hybridized carbons (Fsp3) is 0.424. The van der Waals surface area contributed by atoms with Crippen molar-refractivity contribution in [1.82, 2.24) is 29.7 Å². The molecular formula is C33H36N6O5. The average molecular weight is 597 g/mol. The van der Waals surface area contributed by atoms with E-state index in [-0.39, 0.29) is 44.1 Å². The van der Waals surface area contributed by atoms with E-state index in [0.717, 1.165) is 16.6 Å². The minimum absolute atomic E-state index is 0.134. The van der Waals surface area contributed by atoms with E-state index in [0.29, 0.717) is 25.9 Å². The standard InChI is InChI=1S/C33H36N6O5/c1-2-32-15-8-17-36(21-23-11-4-3-5-12-23)29(41)26(32)27-30(42)38(19-10-20-40)28-31(43)37(18-9-16-33(27,28)44-32)22-39-25-14-7-6-13-24(25)34-35-39/h3-9,11-16,26-28,40H,2,10,17-22H2,1H3/t26-,27+,28?,32+,33+/m1/s1. The summed E-state index contributed by atoms with van der Waals surface area (Å²) in [6, 6.07) is 16.3. The molecule has 1 aromatic heterocycles. The van der Waals surface area contributed by atoms with Crippen LogP contribution in [0.2, 0.25) is 0 Å². The highest BCUT2D eigenvalue weighted by Gasteiger charge is 2.75. The second-order valence-corrected chi connectivity index (χ2v) is 12.0. The number of benzene rings is 2. The van der Waals surface area contributed by atoms with Gasteiger partial charge in [0.05, 0.1) is 23.0 Å². The van der Waals surface area contributed by atoms with Gasteiger partial charge in [-0.05, 0) is 30.5 Å². The molecule has 1 unspecified atom stereocenters. The summed E-state index contributed by atoms with van der Waals surface area (Å²) in [5.74, 6) is -2.45. The summed E-state index contributed by atoms with van der Waals surface area (Å²) in [4.78, 5) is 48.5. The van der Waals surface area contributed by atoms with Crippen LogP contribution in [0.1, 0.15) is 25.3 Å². The zero-order valence-electron chi connectivity index (χ0n) is 24.7. The molecule has 0 radical (unpaired) electrons. The molecule has 2 saturated heterocycles. The summed E-state index contributed by atoms with van der Waals surface area (Å²) >= 11 is 0. The fourth-order valence-electron chi connectivity index (χ4n) is 7.59. The fourth-order valence-corrected chi connectivity index (χ4v) is 7.59. The maximum Gasteiger partial charge on any atom is 0.250 e. The van der Waals surface area contributed by atoms with Gasteiger partial charge in [0.1, 0.15) is 23.8 Å². The number of likely N-dealkylation sites (tertiary alicyclic amines) is 1. The number of para-hydroxylation sites is 1. The molecule has 7 rings (SSSR count). The van der Waals surface area contributed by atoms with Crippen LogP contribution in [0.15, 0.2) is 78.9 Å². The van der Waals surface area contributed by atoms with Gasteiger partial charge < -0.3 is 24.5 Å². The van der Waals surface area contributed by atoms with E-state index >= 15 is 0 Å². The number of aliphatic hydroxyl groups is 1. The third-order valence-electron chi connectivity index (χ3n) is 9.60. The average Bonchev–Trinajstić information content (AvgIpc) is 3.58. The van der Waals surface area contributed by atoms with Gasteiger partial charge in [0, 0.05) is 32.8 Å². The summed E-state index contributed by atoms with van der Waals surface area (Å²) in [5.41, 5.74) is 0.106. The number of carbonyl (C=O) groups is 3. The quantitative estimate of drug-likeness (QED) is 0.396. The smallest absolute Gasteiger partial charge is 0.250 e. The first kappa shape index (κ1) is 28.4. The molecule has 11 heteroatoms. The summed E-state index contributed by atoms with van der Waals surface area (Å²) in [7, 11) is 0. The number of hydrogen-bond acceptors (Lipinski definition) is 7. The lowest BCUT2D eigenvalue weighted by Gasteiger charge is -2.38. The van der Waals surface area contributed by atoms with Crippen molar-refractivity contribution in [1.29, 1.82) is 0 Å². The first-order valence-corrected chi connectivity index (χ1v) is 15.3. The Hall–Kier alpha value is -4.35. The van der Waals surface area contributed by atoms with Gasteiger partial charge in [-0.3, -0.25) is 14.4 Å². The zero-order chi connectivity index (χ0) is 30.5. The van der Waals surface area contributed by atoms with Gasteiger partial charge in [-0.15, -0.1) is 5.10 Å². The van der Waals surface area contributed by atoms with Crippen molar-refractivity contribution in [3.05, 3.63) is 84.5 Å². The van der Waals surface area contributed by atoms with Gasteiger partial charge in [-0.2, -0.15) is 0 Å². The van der Waals surface area contributed by atoms with Crippen LogP contribution < -0.4 is 0 Å². The molecule has 4 aliphatic heterocycles. The van der Waals surface area contributed by atoms with Gasteiger partial charge in [-0.1, -0.05) is 78.9 Å².